The standard InChI is InChI=1S/C36H41FN6O5S/c1-22-9-10-25-26(11-12-28(37)30(25)42-49(45,46)21-23-19-36(23)14-15-36)31(22)47-32-27(8-5-16-38-32)29-13-17-39-33(41-29)40-24-7-6-18-43(20-24)34(44)48-35(2,3)4/h5,8-13,16-17,23-24,42H,6-7,14-15,18-21H2,1-4H3,(H,39,40,41)/t23-,24-/m0/s1. The molecule has 2 saturated carbocycles. The lowest BCUT2D eigenvalue weighted by Crippen LogP contribution is -2.47. The van der Waals surface area contributed by atoms with Crippen molar-refractivity contribution in [2.24, 2.45) is 11.3 Å². The molecule has 1 amide bonds. The summed E-state index contributed by atoms with van der Waals surface area (Å²) in [6.45, 7) is 8.50. The number of piperidine rings is 1. The molecule has 0 bridgehead atoms. The highest BCUT2D eigenvalue weighted by molar-refractivity contribution is 7.92. The first-order valence-corrected chi connectivity index (χ1v) is 18.4. The Morgan fingerprint density at radius 3 is 2.63 bits per heavy atom. The minimum absolute atomic E-state index is 0.00609. The third kappa shape index (κ3) is 7.26. The van der Waals surface area contributed by atoms with Crippen LogP contribution in [0.25, 0.3) is 22.0 Å². The van der Waals surface area contributed by atoms with Gasteiger partial charge in [-0.2, -0.15) is 0 Å². The lowest BCUT2D eigenvalue weighted by Gasteiger charge is -2.34. The van der Waals surface area contributed by atoms with E-state index in [1.807, 2.05) is 33.8 Å². The van der Waals surface area contributed by atoms with Crippen molar-refractivity contribution in [2.75, 3.05) is 28.9 Å². The van der Waals surface area contributed by atoms with Crippen LogP contribution in [-0.4, -0.2) is 64.8 Å². The Kier molecular flexibility index (Phi) is 8.36. The second-order valence-electron chi connectivity index (χ2n) is 14.5. The van der Waals surface area contributed by atoms with Crippen molar-refractivity contribution in [1.29, 1.82) is 0 Å². The number of amides is 1. The molecule has 2 aliphatic carbocycles. The van der Waals surface area contributed by atoms with E-state index in [4.69, 9.17) is 14.5 Å². The number of aromatic nitrogens is 3. The largest absolute Gasteiger partial charge is 0.444 e. The zero-order valence-corrected chi connectivity index (χ0v) is 28.9. The van der Waals surface area contributed by atoms with E-state index >= 15 is 4.39 Å². The average Bonchev–Trinajstić information content (AvgIpc) is 3.97. The molecule has 13 heteroatoms. The maximum atomic E-state index is 15.2. The Labute approximate surface area is 285 Å². The van der Waals surface area contributed by atoms with Gasteiger partial charge in [0.25, 0.3) is 0 Å². The smallest absolute Gasteiger partial charge is 0.410 e. The third-order valence-corrected chi connectivity index (χ3v) is 10.9. The molecular formula is C36H41FN6O5S. The van der Waals surface area contributed by atoms with Crippen LogP contribution >= 0.6 is 0 Å². The minimum atomic E-state index is -3.76. The van der Waals surface area contributed by atoms with Crippen molar-refractivity contribution in [2.45, 2.75) is 71.4 Å². The first-order valence-electron chi connectivity index (χ1n) is 16.7. The number of rotatable bonds is 9. The van der Waals surface area contributed by atoms with Crippen LogP contribution in [0.4, 0.5) is 20.8 Å². The Balaban J connectivity index is 1.12. The predicted octanol–water partition coefficient (Wildman–Crippen LogP) is 7.28. The van der Waals surface area contributed by atoms with Crippen molar-refractivity contribution in [1.82, 2.24) is 19.9 Å². The van der Waals surface area contributed by atoms with E-state index in [9.17, 15) is 13.2 Å². The summed E-state index contributed by atoms with van der Waals surface area (Å²) in [5.74, 6) is 0.568. The summed E-state index contributed by atoms with van der Waals surface area (Å²) in [4.78, 5) is 28.1. The van der Waals surface area contributed by atoms with Crippen LogP contribution in [0.1, 0.15) is 58.4 Å². The Bertz CT molecular complexity index is 2030. The number of hydrogen-bond acceptors (Lipinski definition) is 9. The van der Waals surface area contributed by atoms with Gasteiger partial charge in [0.05, 0.1) is 22.7 Å². The van der Waals surface area contributed by atoms with Crippen LogP contribution in [0.3, 0.4) is 0 Å². The van der Waals surface area contributed by atoms with Gasteiger partial charge in [-0.15, -0.1) is 0 Å². The zero-order valence-electron chi connectivity index (χ0n) is 28.1. The SMILES string of the molecule is Cc1ccc2c(NS(=O)(=O)C[C@@H]3CC34CC4)c(F)ccc2c1Oc1ncccc1-c1ccnc(N[C@H]2CCCN(C(=O)OC(C)(C)C)C2)n1. The number of anilines is 2. The highest BCUT2D eigenvalue weighted by Crippen LogP contribution is 2.70. The summed E-state index contributed by atoms with van der Waals surface area (Å²) in [5.41, 5.74) is 1.47. The van der Waals surface area contributed by atoms with Crippen molar-refractivity contribution in [3.63, 3.8) is 0 Å². The molecule has 0 unspecified atom stereocenters. The third-order valence-electron chi connectivity index (χ3n) is 9.53. The van der Waals surface area contributed by atoms with Crippen LogP contribution in [0.15, 0.2) is 54.9 Å². The van der Waals surface area contributed by atoms with Gasteiger partial charge in [-0.3, -0.25) is 4.72 Å². The van der Waals surface area contributed by atoms with Gasteiger partial charge in [0, 0.05) is 42.3 Å². The van der Waals surface area contributed by atoms with Crippen molar-refractivity contribution in [3.05, 3.63) is 66.2 Å². The van der Waals surface area contributed by atoms with E-state index in [0.29, 0.717) is 46.8 Å². The molecule has 3 aliphatic rings. The van der Waals surface area contributed by atoms with Crippen LogP contribution < -0.4 is 14.8 Å². The molecule has 1 aliphatic heterocycles. The second-order valence-corrected chi connectivity index (χ2v) is 16.3. The van der Waals surface area contributed by atoms with Gasteiger partial charge in [-0.1, -0.05) is 12.1 Å². The molecule has 1 spiro atoms. The average molecular weight is 689 g/mol. The van der Waals surface area contributed by atoms with Crippen LogP contribution in [-0.2, 0) is 14.8 Å². The summed E-state index contributed by atoms with van der Waals surface area (Å²) in [6.07, 6.45) is 7.65. The summed E-state index contributed by atoms with van der Waals surface area (Å²) in [7, 11) is -3.76. The quantitative estimate of drug-likeness (QED) is 0.186. The van der Waals surface area contributed by atoms with Crippen molar-refractivity contribution >= 4 is 38.5 Å². The van der Waals surface area contributed by atoms with E-state index in [2.05, 4.69) is 20.0 Å². The van der Waals surface area contributed by atoms with E-state index in [-0.39, 0.29) is 40.8 Å². The second kappa shape index (κ2) is 12.4. The van der Waals surface area contributed by atoms with Gasteiger partial charge < -0.3 is 19.7 Å². The molecule has 1 saturated heterocycles. The summed E-state index contributed by atoms with van der Waals surface area (Å²) >= 11 is 0. The molecule has 3 heterocycles. The van der Waals surface area contributed by atoms with Crippen molar-refractivity contribution in [3.8, 4) is 22.9 Å². The highest BCUT2D eigenvalue weighted by atomic mass is 32.2. The molecule has 3 fully saturated rings. The predicted molar refractivity (Wildman–Crippen MR) is 186 cm³/mol. The number of likely N-dealkylation sites (tertiary alicyclic amines) is 1. The summed E-state index contributed by atoms with van der Waals surface area (Å²) < 4.78 is 56.0. The molecule has 2 atom stereocenters. The van der Waals surface area contributed by atoms with Crippen LogP contribution in [0.5, 0.6) is 11.6 Å². The fourth-order valence-corrected chi connectivity index (χ4v) is 8.32. The molecule has 2 N–H and O–H groups in total. The van der Waals surface area contributed by atoms with E-state index in [1.165, 1.54) is 6.07 Å². The maximum absolute atomic E-state index is 15.2. The number of aryl methyl sites for hydroxylation is 1. The van der Waals surface area contributed by atoms with Crippen LogP contribution in [0, 0.1) is 24.1 Å². The van der Waals surface area contributed by atoms with Gasteiger partial charge in [0.15, 0.2) is 0 Å². The number of ether oxygens (including phenoxy) is 2. The number of carbonyl (C=O) groups is 1. The number of fused-ring (bicyclic) bond motifs is 1. The first-order chi connectivity index (χ1) is 23.3. The topological polar surface area (TPSA) is 136 Å². The number of benzene rings is 2. The number of hydrogen-bond donors (Lipinski definition) is 2. The fraction of sp³-hybridized carbons (Fsp3) is 0.444. The zero-order chi connectivity index (χ0) is 34.6. The Morgan fingerprint density at radius 2 is 1.88 bits per heavy atom. The van der Waals surface area contributed by atoms with Gasteiger partial charge in [0.1, 0.15) is 17.2 Å². The number of nitrogens with one attached hydrogen (secondary N) is 2. The van der Waals surface area contributed by atoms with Gasteiger partial charge >= 0.3 is 6.09 Å². The number of carbonyl (C=O) groups excluding carboxylic acids is 1. The van der Waals surface area contributed by atoms with E-state index in [1.54, 1.807) is 47.6 Å². The van der Waals surface area contributed by atoms with Gasteiger partial charge in [0.2, 0.25) is 21.9 Å². The molecule has 11 nitrogen and oxygen atoms in total. The Hall–Kier alpha value is -4.52. The molecule has 0 radical (unpaired) electrons. The number of nitrogens with zero attached hydrogens (tertiary/aromatic N) is 4. The molecule has 258 valence electrons. The van der Waals surface area contributed by atoms with Crippen LogP contribution in [0.2, 0.25) is 0 Å². The van der Waals surface area contributed by atoms with E-state index < -0.39 is 21.4 Å². The molecule has 49 heavy (non-hydrogen) atoms. The summed E-state index contributed by atoms with van der Waals surface area (Å²) in [5, 5.41) is 4.30. The van der Waals surface area contributed by atoms with E-state index in [0.717, 1.165) is 37.7 Å². The minimum Gasteiger partial charge on any atom is -0.444 e. The normalized spacial score (nSPS) is 19.8. The fourth-order valence-electron chi connectivity index (χ4n) is 6.71. The molecule has 4 aromatic rings. The Morgan fingerprint density at radius 1 is 1.08 bits per heavy atom. The van der Waals surface area contributed by atoms with Gasteiger partial charge in [-0.05, 0) is 107 Å². The van der Waals surface area contributed by atoms with Gasteiger partial charge in [-0.25, -0.2) is 32.6 Å². The first kappa shape index (κ1) is 33.0. The monoisotopic (exact) mass is 688 g/mol. The lowest BCUT2D eigenvalue weighted by atomic mass is 10.0. The molecule has 7 rings (SSSR count). The number of pyridine rings is 1. The number of halogens is 1. The van der Waals surface area contributed by atoms with Crippen molar-refractivity contribution < 1.29 is 27.1 Å². The molecular weight excluding hydrogens is 647 g/mol. The molecule has 2 aromatic heterocycles. The number of sulfonamides is 1. The molecule has 2 aromatic carbocycles. The maximum Gasteiger partial charge on any atom is 0.410 e. The lowest BCUT2D eigenvalue weighted by molar-refractivity contribution is 0.0206. The highest BCUT2D eigenvalue weighted by Gasteiger charge is 2.63. The summed E-state index contributed by atoms with van der Waals surface area (Å²) in [6, 6.07) is 11.6.